The highest BCUT2D eigenvalue weighted by Gasteiger charge is 2.31. The van der Waals surface area contributed by atoms with Crippen LogP contribution in [0.5, 0.6) is 0 Å². The van der Waals surface area contributed by atoms with Crippen molar-refractivity contribution >= 4 is 27.3 Å². The van der Waals surface area contributed by atoms with Crippen LogP contribution in [0.3, 0.4) is 0 Å². The molecule has 6 nitrogen and oxygen atoms in total. The Labute approximate surface area is 131 Å². The van der Waals surface area contributed by atoms with Gasteiger partial charge in [0.15, 0.2) is 0 Å². The molecule has 0 atom stereocenters. The minimum Gasteiger partial charge on any atom is -0.478 e. The van der Waals surface area contributed by atoms with E-state index in [0.717, 1.165) is 18.4 Å². The van der Waals surface area contributed by atoms with E-state index in [1.807, 2.05) is 6.07 Å². The molecular formula is C14H15NO5S2. The first-order chi connectivity index (χ1) is 10.4. The highest BCUT2D eigenvalue weighted by Crippen LogP contribution is 2.44. The van der Waals surface area contributed by atoms with E-state index in [4.69, 9.17) is 9.52 Å². The van der Waals surface area contributed by atoms with Crippen LogP contribution in [0.25, 0.3) is 0 Å². The standard InChI is InChI=1S/C14H15NO5S2/c1-8-12(13(16)17)6-10(20-8)7-15-22(18,19)14-11(4-5-21-14)9-2-3-9/h4-6,9,15H,2-3,7H2,1H3,(H,16,17). The Kier molecular flexibility index (Phi) is 3.84. The molecule has 0 radical (unpaired) electrons. The van der Waals surface area contributed by atoms with E-state index >= 15 is 0 Å². The zero-order valence-corrected chi connectivity index (χ0v) is 13.5. The van der Waals surface area contributed by atoms with Crippen molar-refractivity contribution < 1.29 is 22.7 Å². The summed E-state index contributed by atoms with van der Waals surface area (Å²) in [6.45, 7) is 1.46. The van der Waals surface area contributed by atoms with Crippen molar-refractivity contribution in [1.29, 1.82) is 0 Å². The van der Waals surface area contributed by atoms with E-state index in [-0.39, 0.29) is 23.6 Å². The normalized spacial score (nSPS) is 15.1. The fourth-order valence-corrected chi connectivity index (χ4v) is 4.86. The maximum absolute atomic E-state index is 12.4. The predicted molar refractivity (Wildman–Crippen MR) is 80.7 cm³/mol. The molecule has 0 bridgehead atoms. The third kappa shape index (κ3) is 2.94. The van der Waals surface area contributed by atoms with Crippen molar-refractivity contribution in [3.63, 3.8) is 0 Å². The van der Waals surface area contributed by atoms with E-state index in [1.165, 1.54) is 24.3 Å². The van der Waals surface area contributed by atoms with E-state index in [1.54, 1.807) is 5.38 Å². The summed E-state index contributed by atoms with van der Waals surface area (Å²) in [6.07, 6.45) is 2.05. The van der Waals surface area contributed by atoms with Crippen LogP contribution in [0.15, 0.2) is 26.1 Å². The van der Waals surface area contributed by atoms with Gasteiger partial charge in [-0.05, 0) is 48.8 Å². The molecule has 0 spiro atoms. The van der Waals surface area contributed by atoms with Crippen LogP contribution in [-0.4, -0.2) is 19.5 Å². The number of hydrogen-bond acceptors (Lipinski definition) is 5. The van der Waals surface area contributed by atoms with Crippen LogP contribution in [0.4, 0.5) is 0 Å². The number of nitrogens with one attached hydrogen (secondary N) is 1. The predicted octanol–water partition coefficient (Wildman–Crippen LogP) is 2.70. The number of carboxylic acid groups (broad SMARTS) is 1. The van der Waals surface area contributed by atoms with Crippen LogP contribution < -0.4 is 4.72 Å². The van der Waals surface area contributed by atoms with Crippen molar-refractivity contribution in [1.82, 2.24) is 4.72 Å². The third-order valence-corrected chi connectivity index (χ3v) is 6.47. The van der Waals surface area contributed by atoms with Crippen molar-refractivity contribution in [3.8, 4) is 0 Å². The number of hydrogen-bond donors (Lipinski definition) is 2. The number of aromatic carboxylic acids is 1. The van der Waals surface area contributed by atoms with Crippen molar-refractivity contribution in [2.75, 3.05) is 0 Å². The molecule has 3 rings (SSSR count). The second kappa shape index (κ2) is 5.53. The summed E-state index contributed by atoms with van der Waals surface area (Å²) in [5, 5.41) is 10.7. The molecular weight excluding hydrogens is 326 g/mol. The maximum atomic E-state index is 12.4. The van der Waals surface area contributed by atoms with Gasteiger partial charge in [-0.25, -0.2) is 17.9 Å². The molecule has 0 unspecified atom stereocenters. The first kappa shape index (κ1) is 15.3. The number of rotatable bonds is 6. The molecule has 2 aromatic rings. The lowest BCUT2D eigenvalue weighted by Gasteiger charge is -2.05. The number of sulfonamides is 1. The number of aryl methyl sites for hydroxylation is 1. The van der Waals surface area contributed by atoms with Gasteiger partial charge in [0, 0.05) is 0 Å². The topological polar surface area (TPSA) is 96.6 Å². The summed E-state index contributed by atoms with van der Waals surface area (Å²) in [6, 6.07) is 3.20. The molecule has 2 aromatic heterocycles. The summed E-state index contributed by atoms with van der Waals surface area (Å²) >= 11 is 1.20. The lowest BCUT2D eigenvalue weighted by molar-refractivity contribution is 0.0695. The van der Waals surface area contributed by atoms with Crippen LogP contribution in [0.1, 0.15) is 46.2 Å². The van der Waals surface area contributed by atoms with Crippen LogP contribution in [0, 0.1) is 6.92 Å². The second-order valence-corrected chi connectivity index (χ2v) is 8.13. The molecule has 2 N–H and O–H groups in total. The van der Waals surface area contributed by atoms with Gasteiger partial charge in [0.05, 0.1) is 6.54 Å². The van der Waals surface area contributed by atoms with Gasteiger partial charge in [-0.3, -0.25) is 0 Å². The van der Waals surface area contributed by atoms with Gasteiger partial charge >= 0.3 is 5.97 Å². The zero-order chi connectivity index (χ0) is 15.9. The van der Waals surface area contributed by atoms with Gasteiger partial charge in [-0.1, -0.05) is 0 Å². The Morgan fingerprint density at radius 1 is 1.50 bits per heavy atom. The number of furan rings is 1. The monoisotopic (exact) mass is 341 g/mol. The van der Waals surface area contributed by atoms with Crippen molar-refractivity contribution in [3.05, 3.63) is 40.2 Å². The number of thiophene rings is 1. The minimum absolute atomic E-state index is 0.0454. The lowest BCUT2D eigenvalue weighted by atomic mass is 10.2. The van der Waals surface area contributed by atoms with Gasteiger partial charge in [-0.15, -0.1) is 11.3 Å². The van der Waals surface area contributed by atoms with Crippen LogP contribution >= 0.6 is 11.3 Å². The Balaban J connectivity index is 1.76. The molecule has 22 heavy (non-hydrogen) atoms. The largest absolute Gasteiger partial charge is 0.478 e. The van der Waals surface area contributed by atoms with Crippen LogP contribution in [-0.2, 0) is 16.6 Å². The fraction of sp³-hybridized carbons (Fsp3) is 0.357. The molecule has 1 aliphatic rings. The van der Waals surface area contributed by atoms with E-state index in [9.17, 15) is 13.2 Å². The Morgan fingerprint density at radius 3 is 2.82 bits per heavy atom. The Morgan fingerprint density at radius 2 is 2.23 bits per heavy atom. The molecule has 0 amide bonds. The lowest BCUT2D eigenvalue weighted by Crippen LogP contribution is -2.23. The molecule has 0 aromatic carbocycles. The average molecular weight is 341 g/mol. The summed E-state index contributed by atoms with van der Waals surface area (Å²) in [5.41, 5.74) is 0.920. The second-order valence-electron chi connectivity index (χ2n) is 5.25. The molecule has 8 heteroatoms. The van der Waals surface area contributed by atoms with Gasteiger partial charge in [-0.2, -0.15) is 0 Å². The molecule has 1 fully saturated rings. The smallest absolute Gasteiger partial charge is 0.339 e. The van der Waals surface area contributed by atoms with Gasteiger partial charge < -0.3 is 9.52 Å². The van der Waals surface area contributed by atoms with Crippen molar-refractivity contribution in [2.24, 2.45) is 0 Å². The molecule has 1 saturated carbocycles. The summed E-state index contributed by atoms with van der Waals surface area (Å²) in [5.74, 6) is -0.202. The van der Waals surface area contributed by atoms with Gasteiger partial charge in [0.25, 0.3) is 10.0 Å². The Bertz CT molecular complexity index is 814. The van der Waals surface area contributed by atoms with Crippen LogP contribution in [0.2, 0.25) is 0 Å². The van der Waals surface area contributed by atoms with E-state index in [0.29, 0.717) is 10.1 Å². The van der Waals surface area contributed by atoms with E-state index < -0.39 is 16.0 Å². The van der Waals surface area contributed by atoms with Gasteiger partial charge in [0.2, 0.25) is 0 Å². The third-order valence-electron chi connectivity index (χ3n) is 3.56. The molecule has 0 saturated heterocycles. The summed E-state index contributed by atoms with van der Waals surface area (Å²) in [4.78, 5) is 11.0. The summed E-state index contributed by atoms with van der Waals surface area (Å²) in [7, 11) is -3.61. The molecule has 0 aliphatic heterocycles. The SMILES string of the molecule is Cc1oc(CNS(=O)(=O)c2sccc2C2CC2)cc1C(=O)O. The average Bonchev–Trinajstić information content (AvgIpc) is 3.03. The van der Waals surface area contributed by atoms with E-state index in [2.05, 4.69) is 4.72 Å². The first-order valence-electron chi connectivity index (χ1n) is 6.78. The fourth-order valence-electron chi connectivity index (χ4n) is 2.30. The molecule has 2 heterocycles. The number of carboxylic acids is 1. The maximum Gasteiger partial charge on any atom is 0.339 e. The molecule has 1 aliphatic carbocycles. The quantitative estimate of drug-likeness (QED) is 0.842. The number of carbonyl (C=O) groups is 1. The van der Waals surface area contributed by atoms with Gasteiger partial charge in [0.1, 0.15) is 21.3 Å². The minimum atomic E-state index is -3.61. The zero-order valence-electron chi connectivity index (χ0n) is 11.8. The highest BCUT2D eigenvalue weighted by atomic mass is 32.2. The highest BCUT2D eigenvalue weighted by molar-refractivity contribution is 7.91. The first-order valence-corrected chi connectivity index (χ1v) is 9.14. The Hall–Kier alpha value is -1.64. The molecule has 118 valence electrons. The van der Waals surface area contributed by atoms with Crippen molar-refractivity contribution in [2.45, 2.75) is 36.4 Å². The summed E-state index contributed by atoms with van der Waals surface area (Å²) < 4.78 is 32.9.